The Morgan fingerprint density at radius 1 is 1.13 bits per heavy atom. The van der Waals surface area contributed by atoms with Gasteiger partial charge in [0.1, 0.15) is 0 Å². The van der Waals surface area contributed by atoms with E-state index in [-0.39, 0.29) is 5.91 Å². The van der Waals surface area contributed by atoms with Gasteiger partial charge in [0.15, 0.2) is 0 Å². The Labute approximate surface area is 92.6 Å². The molecule has 0 fully saturated rings. The number of hydrogen-bond acceptors (Lipinski definition) is 2. The smallest absolute Gasteiger partial charge is 0.265 e. The van der Waals surface area contributed by atoms with Crippen LogP contribution in [0.4, 0.5) is 5.69 Å². The lowest BCUT2D eigenvalue weighted by Crippen LogP contribution is -2.09. The van der Waals surface area contributed by atoms with Gasteiger partial charge in [0.05, 0.1) is 4.88 Å². The molecule has 1 amide bonds. The molecule has 1 aromatic carbocycles. The van der Waals surface area contributed by atoms with Crippen LogP contribution >= 0.6 is 11.3 Å². The molecule has 0 saturated heterocycles. The first-order valence-corrected chi connectivity index (χ1v) is 5.50. The third-order valence-electron chi connectivity index (χ3n) is 2.00. The minimum absolute atomic E-state index is 0.0423. The lowest BCUT2D eigenvalue weighted by atomic mass is 10.3. The zero-order valence-electron chi connectivity index (χ0n) is 8.36. The summed E-state index contributed by atoms with van der Waals surface area (Å²) < 4.78 is 0. The van der Waals surface area contributed by atoms with Crippen LogP contribution in [0.25, 0.3) is 0 Å². The number of para-hydroxylation sites is 1. The second-order valence-corrected chi connectivity index (χ2v) is 4.52. The maximum Gasteiger partial charge on any atom is 0.265 e. The number of rotatable bonds is 2. The van der Waals surface area contributed by atoms with E-state index in [0.717, 1.165) is 15.4 Å². The van der Waals surface area contributed by atoms with Crippen LogP contribution < -0.4 is 5.32 Å². The number of hydrogen-bond donors (Lipinski definition) is 1. The summed E-state index contributed by atoms with van der Waals surface area (Å²) in [5.41, 5.74) is 0.827. The minimum Gasteiger partial charge on any atom is -0.321 e. The Kier molecular flexibility index (Phi) is 2.83. The van der Waals surface area contributed by atoms with E-state index in [4.69, 9.17) is 0 Å². The number of carbonyl (C=O) groups is 1. The molecule has 2 nitrogen and oxygen atoms in total. The molecule has 0 radical (unpaired) electrons. The van der Waals surface area contributed by atoms with Crippen molar-refractivity contribution in [1.29, 1.82) is 0 Å². The lowest BCUT2D eigenvalue weighted by molar-refractivity contribution is 0.103. The van der Waals surface area contributed by atoms with Gasteiger partial charge in [0.2, 0.25) is 0 Å². The fraction of sp³-hybridized carbons (Fsp3) is 0.0833. The molecule has 0 aliphatic heterocycles. The van der Waals surface area contributed by atoms with Gasteiger partial charge in [-0.3, -0.25) is 4.79 Å². The van der Waals surface area contributed by atoms with Gasteiger partial charge in [-0.15, -0.1) is 11.3 Å². The van der Waals surface area contributed by atoms with Crippen LogP contribution in [0.1, 0.15) is 14.5 Å². The largest absolute Gasteiger partial charge is 0.321 e. The summed E-state index contributed by atoms with van der Waals surface area (Å²) in [5.74, 6) is -0.0423. The Morgan fingerprint density at radius 3 is 2.47 bits per heavy atom. The van der Waals surface area contributed by atoms with E-state index >= 15 is 0 Å². The molecule has 0 saturated carbocycles. The molecule has 1 N–H and O–H groups in total. The molecule has 3 heteroatoms. The number of aryl methyl sites for hydroxylation is 1. The van der Waals surface area contributed by atoms with Crippen LogP contribution in [-0.4, -0.2) is 5.91 Å². The highest BCUT2D eigenvalue weighted by Crippen LogP contribution is 2.16. The predicted octanol–water partition coefficient (Wildman–Crippen LogP) is 3.31. The second kappa shape index (κ2) is 4.28. The third kappa shape index (κ3) is 2.44. The van der Waals surface area contributed by atoms with E-state index in [1.54, 1.807) is 0 Å². The molecule has 0 spiro atoms. The summed E-state index contributed by atoms with van der Waals surface area (Å²) in [6, 6.07) is 13.3. The highest BCUT2D eigenvalue weighted by molar-refractivity contribution is 7.14. The van der Waals surface area contributed by atoms with E-state index < -0.39 is 0 Å². The van der Waals surface area contributed by atoms with Gasteiger partial charge in [-0.1, -0.05) is 18.2 Å². The molecular formula is C12H11NOS. The summed E-state index contributed by atoms with van der Waals surface area (Å²) in [5, 5.41) is 2.84. The van der Waals surface area contributed by atoms with Crippen LogP contribution in [0.2, 0.25) is 0 Å². The summed E-state index contributed by atoms with van der Waals surface area (Å²) in [7, 11) is 0. The fourth-order valence-electron chi connectivity index (χ4n) is 1.27. The van der Waals surface area contributed by atoms with Gasteiger partial charge in [-0.05, 0) is 31.2 Å². The Bertz CT molecular complexity index is 461. The van der Waals surface area contributed by atoms with Crippen molar-refractivity contribution in [3.63, 3.8) is 0 Å². The van der Waals surface area contributed by atoms with E-state index in [1.165, 1.54) is 11.3 Å². The van der Waals surface area contributed by atoms with E-state index in [9.17, 15) is 4.79 Å². The highest BCUT2D eigenvalue weighted by atomic mass is 32.1. The Hall–Kier alpha value is -1.61. The summed E-state index contributed by atoms with van der Waals surface area (Å²) >= 11 is 1.50. The summed E-state index contributed by atoms with van der Waals surface area (Å²) in [6.45, 7) is 1.99. The van der Waals surface area contributed by atoms with Crippen molar-refractivity contribution in [2.75, 3.05) is 5.32 Å². The van der Waals surface area contributed by atoms with Crippen molar-refractivity contribution < 1.29 is 4.79 Å². The zero-order valence-corrected chi connectivity index (χ0v) is 9.17. The van der Waals surface area contributed by atoms with Crippen LogP contribution in [0.3, 0.4) is 0 Å². The predicted molar refractivity (Wildman–Crippen MR) is 63.5 cm³/mol. The highest BCUT2D eigenvalue weighted by Gasteiger charge is 2.07. The van der Waals surface area contributed by atoms with Gasteiger partial charge in [-0.25, -0.2) is 0 Å². The molecule has 0 aliphatic carbocycles. The maximum atomic E-state index is 11.7. The first kappa shape index (κ1) is 9.93. The molecule has 15 heavy (non-hydrogen) atoms. The number of benzene rings is 1. The molecule has 2 aromatic rings. The van der Waals surface area contributed by atoms with Crippen molar-refractivity contribution in [1.82, 2.24) is 0 Å². The summed E-state index contributed by atoms with van der Waals surface area (Å²) in [4.78, 5) is 13.6. The molecule has 0 aliphatic rings. The number of amides is 1. The normalized spacial score (nSPS) is 9.93. The standard InChI is InChI=1S/C12H11NOS/c1-9-7-8-11(15-9)12(14)13-10-5-3-2-4-6-10/h2-8H,1H3,(H,13,14). The topological polar surface area (TPSA) is 29.1 Å². The van der Waals surface area contributed by atoms with Gasteiger partial charge < -0.3 is 5.32 Å². The van der Waals surface area contributed by atoms with E-state index in [1.807, 2.05) is 49.4 Å². The Balaban J connectivity index is 2.11. The molecule has 1 aromatic heterocycles. The fourth-order valence-corrected chi connectivity index (χ4v) is 2.03. The van der Waals surface area contributed by atoms with Crippen LogP contribution in [0, 0.1) is 6.92 Å². The quantitative estimate of drug-likeness (QED) is 0.821. The zero-order chi connectivity index (χ0) is 10.7. The molecule has 0 unspecified atom stereocenters. The molecule has 2 rings (SSSR count). The van der Waals surface area contributed by atoms with Crippen molar-refractivity contribution >= 4 is 22.9 Å². The number of carbonyl (C=O) groups excluding carboxylic acids is 1. The van der Waals surface area contributed by atoms with Gasteiger partial charge in [-0.2, -0.15) is 0 Å². The van der Waals surface area contributed by atoms with Gasteiger partial charge >= 0.3 is 0 Å². The summed E-state index contributed by atoms with van der Waals surface area (Å²) in [6.07, 6.45) is 0. The minimum atomic E-state index is -0.0423. The lowest BCUT2D eigenvalue weighted by Gasteiger charge is -2.01. The first-order chi connectivity index (χ1) is 7.25. The number of thiophene rings is 1. The van der Waals surface area contributed by atoms with Crippen molar-refractivity contribution in [3.8, 4) is 0 Å². The molecular weight excluding hydrogens is 206 g/mol. The SMILES string of the molecule is Cc1ccc(C(=O)Nc2ccccc2)s1. The molecule has 1 heterocycles. The van der Waals surface area contributed by atoms with E-state index in [0.29, 0.717) is 0 Å². The van der Waals surface area contributed by atoms with Crippen molar-refractivity contribution in [2.24, 2.45) is 0 Å². The third-order valence-corrected chi connectivity index (χ3v) is 3.00. The molecule has 76 valence electrons. The van der Waals surface area contributed by atoms with Crippen LogP contribution in [0.15, 0.2) is 42.5 Å². The van der Waals surface area contributed by atoms with Crippen molar-refractivity contribution in [2.45, 2.75) is 6.92 Å². The van der Waals surface area contributed by atoms with Gasteiger partial charge in [0, 0.05) is 10.6 Å². The number of nitrogens with one attached hydrogen (secondary N) is 1. The molecule has 0 atom stereocenters. The Morgan fingerprint density at radius 2 is 1.87 bits per heavy atom. The monoisotopic (exact) mass is 217 g/mol. The van der Waals surface area contributed by atoms with Crippen LogP contribution in [-0.2, 0) is 0 Å². The van der Waals surface area contributed by atoms with Gasteiger partial charge in [0.25, 0.3) is 5.91 Å². The van der Waals surface area contributed by atoms with Crippen LogP contribution in [0.5, 0.6) is 0 Å². The van der Waals surface area contributed by atoms with Crippen molar-refractivity contribution in [3.05, 3.63) is 52.2 Å². The average Bonchev–Trinajstić information content (AvgIpc) is 2.66. The number of anilines is 1. The average molecular weight is 217 g/mol. The maximum absolute atomic E-state index is 11.7. The molecule has 0 bridgehead atoms. The first-order valence-electron chi connectivity index (χ1n) is 4.68. The second-order valence-electron chi connectivity index (χ2n) is 3.23. The van der Waals surface area contributed by atoms with E-state index in [2.05, 4.69) is 5.32 Å².